The molecule has 2 aromatic rings. The zero-order valence-corrected chi connectivity index (χ0v) is 18.3. The molecule has 0 aliphatic carbocycles. The minimum Gasteiger partial charge on any atom is -0.379 e. The van der Waals surface area contributed by atoms with Crippen LogP contribution >= 0.6 is 0 Å². The van der Waals surface area contributed by atoms with Gasteiger partial charge in [0.25, 0.3) is 0 Å². The molecule has 2 heterocycles. The zero-order valence-electron chi connectivity index (χ0n) is 16.7. The molecule has 2 fully saturated rings. The average Bonchev–Trinajstić information content (AvgIpc) is 3.24. The monoisotopic (exact) mass is 450 g/mol. The first-order valence-corrected chi connectivity index (χ1v) is 13.0. The first-order chi connectivity index (χ1) is 14.4. The zero-order chi connectivity index (χ0) is 21.2. The van der Waals surface area contributed by atoms with Crippen LogP contribution < -0.4 is 0 Å². The molecule has 30 heavy (non-hydrogen) atoms. The van der Waals surface area contributed by atoms with Crippen molar-refractivity contribution in [2.45, 2.75) is 35.1 Å². The van der Waals surface area contributed by atoms with E-state index >= 15 is 0 Å². The molecule has 0 saturated carbocycles. The summed E-state index contributed by atoms with van der Waals surface area (Å²) in [5, 5.41) is 0. The van der Waals surface area contributed by atoms with Crippen LogP contribution in [0.4, 0.5) is 0 Å². The van der Waals surface area contributed by atoms with Gasteiger partial charge in [0.1, 0.15) is 0 Å². The van der Waals surface area contributed by atoms with E-state index in [0.29, 0.717) is 39.3 Å². The molecule has 0 amide bonds. The van der Waals surface area contributed by atoms with Gasteiger partial charge in [0.2, 0.25) is 20.0 Å². The molecule has 0 spiro atoms. The van der Waals surface area contributed by atoms with E-state index in [0.717, 1.165) is 18.4 Å². The maximum atomic E-state index is 13.2. The van der Waals surface area contributed by atoms with Gasteiger partial charge in [-0.15, -0.1) is 0 Å². The Morgan fingerprint density at radius 1 is 0.800 bits per heavy atom. The largest absolute Gasteiger partial charge is 0.379 e. The van der Waals surface area contributed by atoms with Crippen LogP contribution in [0.1, 0.15) is 18.4 Å². The first kappa shape index (κ1) is 21.5. The van der Waals surface area contributed by atoms with Gasteiger partial charge in [-0.1, -0.05) is 30.3 Å². The second-order valence-electron chi connectivity index (χ2n) is 7.59. The molecule has 1 atom stereocenters. The van der Waals surface area contributed by atoms with Crippen LogP contribution in [-0.4, -0.2) is 64.3 Å². The maximum Gasteiger partial charge on any atom is 0.243 e. The molecule has 0 bridgehead atoms. The lowest BCUT2D eigenvalue weighted by Gasteiger charge is -2.26. The Morgan fingerprint density at radius 3 is 2.03 bits per heavy atom. The van der Waals surface area contributed by atoms with Crippen molar-refractivity contribution in [2.75, 3.05) is 32.8 Å². The van der Waals surface area contributed by atoms with E-state index in [1.54, 1.807) is 4.31 Å². The lowest BCUT2D eigenvalue weighted by Crippen LogP contribution is -2.40. The van der Waals surface area contributed by atoms with Crippen molar-refractivity contribution in [3.05, 3.63) is 60.2 Å². The second-order valence-corrected chi connectivity index (χ2v) is 11.4. The Balaban J connectivity index is 1.54. The summed E-state index contributed by atoms with van der Waals surface area (Å²) in [6, 6.07) is 15.4. The molecule has 7 nitrogen and oxygen atoms in total. The van der Waals surface area contributed by atoms with Gasteiger partial charge in [-0.25, -0.2) is 16.8 Å². The van der Waals surface area contributed by atoms with Gasteiger partial charge in [0.15, 0.2) is 0 Å². The summed E-state index contributed by atoms with van der Waals surface area (Å²) in [4.78, 5) is 0.231. The summed E-state index contributed by atoms with van der Waals surface area (Å²) in [6.07, 6.45) is 2.31. The minimum absolute atomic E-state index is 0.0887. The van der Waals surface area contributed by atoms with Gasteiger partial charge in [-0.2, -0.15) is 8.61 Å². The minimum atomic E-state index is -3.69. The summed E-state index contributed by atoms with van der Waals surface area (Å²) in [7, 11) is -7.34. The Labute approximate surface area is 178 Å². The average molecular weight is 451 g/mol. The summed E-state index contributed by atoms with van der Waals surface area (Å²) >= 11 is 0. The van der Waals surface area contributed by atoms with Crippen molar-refractivity contribution in [3.8, 4) is 0 Å². The van der Waals surface area contributed by atoms with E-state index in [-0.39, 0.29) is 15.8 Å². The van der Waals surface area contributed by atoms with E-state index in [4.69, 9.17) is 4.74 Å². The number of sulfonamides is 2. The third kappa shape index (κ3) is 4.31. The molecule has 0 aromatic heterocycles. The first-order valence-electron chi connectivity index (χ1n) is 10.1. The SMILES string of the molecule is O=S(=O)(c1ccc(S(=O)(=O)N2CCCC2Cc2ccccc2)cc1)N1CCOCC1. The highest BCUT2D eigenvalue weighted by Gasteiger charge is 2.35. The molecule has 0 N–H and O–H groups in total. The molecule has 2 aliphatic heterocycles. The van der Waals surface area contributed by atoms with Gasteiger partial charge in [0.05, 0.1) is 23.0 Å². The van der Waals surface area contributed by atoms with Gasteiger partial charge in [0, 0.05) is 25.7 Å². The molecular weight excluding hydrogens is 424 g/mol. The number of nitrogens with zero attached hydrogens (tertiary/aromatic N) is 2. The molecule has 2 aromatic carbocycles. The highest BCUT2D eigenvalue weighted by molar-refractivity contribution is 7.89. The van der Waals surface area contributed by atoms with E-state index < -0.39 is 20.0 Å². The fourth-order valence-corrected chi connectivity index (χ4v) is 7.17. The number of benzene rings is 2. The smallest absolute Gasteiger partial charge is 0.243 e. The van der Waals surface area contributed by atoms with Crippen LogP contribution in [0.5, 0.6) is 0 Å². The number of ether oxygens (including phenoxy) is 1. The van der Waals surface area contributed by atoms with Crippen LogP contribution in [0.15, 0.2) is 64.4 Å². The standard InChI is InChI=1S/C21H26N2O5S2/c24-29(25,22-13-15-28-16-14-22)20-8-10-21(11-9-20)30(26,27)23-12-4-7-19(23)17-18-5-2-1-3-6-18/h1-3,5-6,8-11,19H,4,7,12-17H2. The van der Waals surface area contributed by atoms with Crippen LogP contribution in [0.25, 0.3) is 0 Å². The second kappa shape index (κ2) is 8.76. The summed E-state index contributed by atoms with van der Waals surface area (Å²) in [5.41, 5.74) is 1.11. The van der Waals surface area contributed by atoms with Gasteiger partial charge >= 0.3 is 0 Å². The number of hydrogen-bond donors (Lipinski definition) is 0. The lowest BCUT2D eigenvalue weighted by molar-refractivity contribution is 0.0730. The lowest BCUT2D eigenvalue weighted by atomic mass is 10.1. The van der Waals surface area contributed by atoms with Crippen molar-refractivity contribution in [1.29, 1.82) is 0 Å². The molecule has 4 rings (SSSR count). The van der Waals surface area contributed by atoms with E-state index in [1.165, 1.54) is 28.6 Å². The van der Waals surface area contributed by atoms with E-state index in [2.05, 4.69) is 0 Å². The van der Waals surface area contributed by atoms with E-state index in [1.807, 2.05) is 30.3 Å². The highest BCUT2D eigenvalue weighted by Crippen LogP contribution is 2.29. The number of rotatable bonds is 6. The number of hydrogen-bond acceptors (Lipinski definition) is 5. The van der Waals surface area contributed by atoms with Crippen LogP contribution in [0.2, 0.25) is 0 Å². The molecule has 2 aliphatic rings. The van der Waals surface area contributed by atoms with Gasteiger partial charge in [-0.05, 0) is 49.1 Å². The molecule has 1 unspecified atom stereocenters. The third-order valence-corrected chi connectivity index (χ3v) is 9.55. The predicted octanol–water partition coefficient (Wildman–Crippen LogP) is 2.10. The maximum absolute atomic E-state index is 13.2. The van der Waals surface area contributed by atoms with Crippen molar-refractivity contribution in [1.82, 2.24) is 8.61 Å². The topological polar surface area (TPSA) is 84.0 Å². The Bertz CT molecular complexity index is 1060. The molecular formula is C21H26N2O5S2. The van der Waals surface area contributed by atoms with Crippen LogP contribution in [-0.2, 0) is 31.2 Å². The molecule has 162 valence electrons. The van der Waals surface area contributed by atoms with Crippen molar-refractivity contribution < 1.29 is 21.6 Å². The number of morpholine rings is 1. The van der Waals surface area contributed by atoms with Crippen molar-refractivity contribution >= 4 is 20.0 Å². The highest BCUT2D eigenvalue weighted by atomic mass is 32.2. The van der Waals surface area contributed by atoms with Crippen molar-refractivity contribution in [2.24, 2.45) is 0 Å². The van der Waals surface area contributed by atoms with E-state index in [9.17, 15) is 16.8 Å². The van der Waals surface area contributed by atoms with Crippen LogP contribution in [0, 0.1) is 0 Å². The molecule has 0 radical (unpaired) electrons. The Hall–Kier alpha value is -1.78. The normalized spacial score (nSPS) is 21.7. The molecule has 9 heteroatoms. The van der Waals surface area contributed by atoms with Gasteiger partial charge in [-0.3, -0.25) is 0 Å². The van der Waals surface area contributed by atoms with Crippen LogP contribution in [0.3, 0.4) is 0 Å². The quantitative estimate of drug-likeness (QED) is 0.673. The summed E-state index contributed by atoms with van der Waals surface area (Å²) < 4.78 is 60.2. The fourth-order valence-electron chi connectivity index (χ4n) is 4.07. The predicted molar refractivity (Wildman–Crippen MR) is 113 cm³/mol. The Kier molecular flexibility index (Phi) is 6.26. The van der Waals surface area contributed by atoms with Crippen molar-refractivity contribution in [3.63, 3.8) is 0 Å². The van der Waals surface area contributed by atoms with Gasteiger partial charge < -0.3 is 4.74 Å². The Morgan fingerprint density at radius 2 is 1.40 bits per heavy atom. The summed E-state index contributed by atoms with van der Waals surface area (Å²) in [5.74, 6) is 0. The molecule has 2 saturated heterocycles. The summed E-state index contributed by atoms with van der Waals surface area (Å²) in [6.45, 7) is 1.81. The third-order valence-electron chi connectivity index (χ3n) is 5.68. The fraction of sp³-hybridized carbons (Fsp3) is 0.429.